The monoisotopic (exact) mass is 595 g/mol. The van der Waals surface area contributed by atoms with Gasteiger partial charge in [0.15, 0.2) is 5.13 Å². The maximum Gasteiger partial charge on any atom is 0.409 e. The summed E-state index contributed by atoms with van der Waals surface area (Å²) in [7, 11) is -2.23. The van der Waals surface area contributed by atoms with Crippen molar-refractivity contribution in [1.29, 1.82) is 0 Å². The molecule has 5 rings (SSSR count). The Hall–Kier alpha value is -4.07. The fourth-order valence-electron chi connectivity index (χ4n) is 4.42. The van der Waals surface area contributed by atoms with Crippen molar-refractivity contribution in [3.05, 3.63) is 78.1 Å². The molecule has 0 radical (unpaired) electrons. The highest BCUT2D eigenvalue weighted by Gasteiger charge is 2.31. The predicted octanol–water partition coefficient (Wildman–Crippen LogP) is 4.01. The Labute approximate surface area is 242 Å². The fraction of sp³-hybridized carbons (Fsp3) is 0.286. The highest BCUT2D eigenvalue weighted by Crippen LogP contribution is 2.33. The lowest BCUT2D eigenvalue weighted by Gasteiger charge is -2.33. The Balaban J connectivity index is 1.37. The third kappa shape index (κ3) is 6.16. The molecule has 1 fully saturated rings. The van der Waals surface area contributed by atoms with Crippen LogP contribution in [0.2, 0.25) is 0 Å². The fourth-order valence-corrected chi connectivity index (χ4v) is 6.78. The molecule has 1 aliphatic heterocycles. The first-order chi connectivity index (χ1) is 19.8. The van der Waals surface area contributed by atoms with Crippen LogP contribution in [0, 0.1) is 0 Å². The summed E-state index contributed by atoms with van der Waals surface area (Å²) in [6.07, 6.45) is 1.21. The Morgan fingerprint density at radius 1 is 1.02 bits per heavy atom. The number of amides is 2. The molecule has 0 atom stereocenters. The van der Waals surface area contributed by atoms with Crippen molar-refractivity contribution in [2.24, 2.45) is 0 Å². The Bertz CT molecular complexity index is 1640. The summed E-state index contributed by atoms with van der Waals surface area (Å²) < 4.78 is 39.1. The number of methoxy groups -OCH3 is 1. The molecule has 0 aliphatic carbocycles. The molecular weight excluding hydrogens is 566 g/mol. The number of carbonyl (C=O) groups excluding carboxylic acids is 2. The van der Waals surface area contributed by atoms with Crippen LogP contribution in [-0.4, -0.2) is 79.5 Å². The minimum Gasteiger partial charge on any atom is -0.497 e. The van der Waals surface area contributed by atoms with Gasteiger partial charge in [-0.3, -0.25) is 14.7 Å². The molecule has 0 bridgehead atoms. The zero-order valence-electron chi connectivity index (χ0n) is 22.6. The van der Waals surface area contributed by atoms with Gasteiger partial charge in [-0.15, -0.1) is 0 Å². The molecule has 41 heavy (non-hydrogen) atoms. The molecule has 2 aromatic heterocycles. The van der Waals surface area contributed by atoms with Crippen LogP contribution in [0.15, 0.2) is 71.8 Å². The zero-order valence-corrected chi connectivity index (χ0v) is 24.2. The maximum atomic E-state index is 13.8. The molecule has 11 nitrogen and oxygen atoms in total. The number of anilines is 1. The molecule has 3 heterocycles. The van der Waals surface area contributed by atoms with Crippen LogP contribution in [0.1, 0.15) is 23.0 Å². The van der Waals surface area contributed by atoms with E-state index in [2.05, 4.69) is 9.97 Å². The van der Waals surface area contributed by atoms with Crippen LogP contribution in [0.3, 0.4) is 0 Å². The van der Waals surface area contributed by atoms with Crippen molar-refractivity contribution in [2.45, 2.75) is 18.4 Å². The molecule has 0 N–H and O–H groups in total. The summed E-state index contributed by atoms with van der Waals surface area (Å²) in [4.78, 5) is 37.9. The second kappa shape index (κ2) is 12.2. The van der Waals surface area contributed by atoms with Crippen LogP contribution in [0.4, 0.5) is 9.93 Å². The number of carbonyl (C=O) groups is 2. The number of benzene rings is 2. The van der Waals surface area contributed by atoms with E-state index in [1.807, 2.05) is 30.3 Å². The van der Waals surface area contributed by atoms with Crippen molar-refractivity contribution in [3.8, 4) is 5.75 Å². The summed E-state index contributed by atoms with van der Waals surface area (Å²) in [5.74, 6) is 0.324. The number of piperazine rings is 1. The molecule has 214 valence electrons. The van der Waals surface area contributed by atoms with Crippen LogP contribution < -0.4 is 9.64 Å². The number of ether oxygens (including phenoxy) is 2. The average Bonchev–Trinajstić information content (AvgIpc) is 3.43. The van der Waals surface area contributed by atoms with E-state index < -0.39 is 16.1 Å². The van der Waals surface area contributed by atoms with Crippen LogP contribution in [-0.2, 0) is 21.3 Å². The summed E-state index contributed by atoms with van der Waals surface area (Å²) in [6, 6.07) is 16.9. The van der Waals surface area contributed by atoms with Gasteiger partial charge >= 0.3 is 6.09 Å². The topological polar surface area (TPSA) is 122 Å². The molecule has 0 saturated carbocycles. The van der Waals surface area contributed by atoms with Crippen molar-refractivity contribution in [3.63, 3.8) is 0 Å². The van der Waals surface area contributed by atoms with Gasteiger partial charge in [-0.1, -0.05) is 17.4 Å². The number of thiazole rings is 1. The van der Waals surface area contributed by atoms with Crippen LogP contribution in [0.5, 0.6) is 5.75 Å². The van der Waals surface area contributed by atoms with Gasteiger partial charge in [-0.05, 0) is 55.5 Å². The van der Waals surface area contributed by atoms with E-state index in [-0.39, 0.29) is 50.1 Å². The minimum absolute atomic E-state index is 0.0713. The number of hydrogen-bond donors (Lipinski definition) is 0. The second-order valence-corrected chi connectivity index (χ2v) is 12.1. The normalized spacial score (nSPS) is 14.1. The molecule has 1 saturated heterocycles. The summed E-state index contributed by atoms with van der Waals surface area (Å²) >= 11 is 1.37. The zero-order chi connectivity index (χ0) is 29.0. The smallest absolute Gasteiger partial charge is 0.409 e. The lowest BCUT2D eigenvalue weighted by molar-refractivity contribution is 0.0933. The predicted molar refractivity (Wildman–Crippen MR) is 155 cm³/mol. The van der Waals surface area contributed by atoms with Gasteiger partial charge in [0.05, 0.1) is 41.1 Å². The highest BCUT2D eigenvalue weighted by atomic mass is 32.2. The standard InChI is InChI=1S/C28H29N5O6S2/c1-3-39-28(35)31-14-16-32(17-15-31)41(36,37)23-10-7-20(8-11-23)26(34)33(19-21-6-4-5-13-29-21)27-30-24-18-22(38-2)9-12-25(24)40-27/h4-13,18H,3,14-17,19H2,1-2H3. The number of sulfonamides is 1. The molecule has 0 unspecified atom stereocenters. The Kier molecular flexibility index (Phi) is 8.47. The van der Waals surface area contributed by atoms with E-state index in [9.17, 15) is 18.0 Å². The highest BCUT2D eigenvalue weighted by molar-refractivity contribution is 7.89. The van der Waals surface area contributed by atoms with Crippen molar-refractivity contribution in [1.82, 2.24) is 19.2 Å². The molecule has 0 spiro atoms. The Morgan fingerprint density at radius 3 is 2.44 bits per heavy atom. The average molecular weight is 596 g/mol. The van der Waals surface area contributed by atoms with Gasteiger partial charge in [0.2, 0.25) is 10.0 Å². The van der Waals surface area contributed by atoms with E-state index in [1.165, 1.54) is 49.7 Å². The summed E-state index contributed by atoms with van der Waals surface area (Å²) in [6.45, 7) is 2.96. The van der Waals surface area contributed by atoms with Gasteiger partial charge in [-0.25, -0.2) is 18.2 Å². The van der Waals surface area contributed by atoms with E-state index in [4.69, 9.17) is 9.47 Å². The lowest BCUT2D eigenvalue weighted by Crippen LogP contribution is -2.50. The van der Waals surface area contributed by atoms with E-state index in [0.717, 1.165) is 4.70 Å². The van der Waals surface area contributed by atoms with Gasteiger partial charge in [0.25, 0.3) is 5.91 Å². The van der Waals surface area contributed by atoms with Gasteiger partial charge < -0.3 is 14.4 Å². The first-order valence-corrected chi connectivity index (χ1v) is 15.2. The van der Waals surface area contributed by atoms with Crippen LogP contribution in [0.25, 0.3) is 10.2 Å². The van der Waals surface area contributed by atoms with E-state index in [1.54, 1.807) is 26.3 Å². The SMILES string of the molecule is CCOC(=O)N1CCN(S(=O)(=O)c2ccc(C(=O)N(Cc3ccccn3)c3nc4cc(OC)ccc4s3)cc2)CC1. The molecule has 2 amide bonds. The van der Waals surface area contributed by atoms with E-state index in [0.29, 0.717) is 27.7 Å². The Morgan fingerprint density at radius 2 is 1.78 bits per heavy atom. The quantitative estimate of drug-likeness (QED) is 0.300. The summed E-state index contributed by atoms with van der Waals surface area (Å²) in [5, 5.41) is 0.486. The first kappa shape index (κ1) is 28.5. The summed E-state index contributed by atoms with van der Waals surface area (Å²) in [5.41, 5.74) is 1.69. The third-order valence-electron chi connectivity index (χ3n) is 6.61. The van der Waals surface area contributed by atoms with Crippen molar-refractivity contribution in [2.75, 3.05) is 44.8 Å². The second-order valence-electron chi connectivity index (χ2n) is 9.16. The number of rotatable bonds is 8. The number of aromatic nitrogens is 2. The number of nitrogens with zero attached hydrogens (tertiary/aromatic N) is 5. The van der Waals surface area contributed by atoms with Gasteiger partial charge in [-0.2, -0.15) is 4.31 Å². The molecule has 4 aromatic rings. The molecular formula is C28H29N5O6S2. The lowest BCUT2D eigenvalue weighted by atomic mass is 10.2. The first-order valence-electron chi connectivity index (χ1n) is 13.0. The van der Waals surface area contributed by atoms with E-state index >= 15 is 0 Å². The molecule has 13 heteroatoms. The van der Waals surface area contributed by atoms with Gasteiger partial charge in [0, 0.05) is 44.0 Å². The van der Waals surface area contributed by atoms with Crippen molar-refractivity contribution >= 4 is 48.7 Å². The third-order valence-corrected chi connectivity index (χ3v) is 9.58. The van der Waals surface area contributed by atoms with Crippen LogP contribution >= 0.6 is 11.3 Å². The number of fused-ring (bicyclic) bond motifs is 1. The largest absolute Gasteiger partial charge is 0.497 e. The van der Waals surface area contributed by atoms with Gasteiger partial charge in [0.1, 0.15) is 5.75 Å². The minimum atomic E-state index is -3.81. The molecule has 2 aromatic carbocycles. The number of hydrogen-bond acceptors (Lipinski definition) is 9. The molecule has 1 aliphatic rings. The van der Waals surface area contributed by atoms with Crippen molar-refractivity contribution < 1.29 is 27.5 Å². The number of pyridine rings is 1. The maximum absolute atomic E-state index is 13.8.